The van der Waals surface area contributed by atoms with Crippen LogP contribution in [0.2, 0.25) is 0 Å². The minimum absolute atomic E-state index is 0. The summed E-state index contributed by atoms with van der Waals surface area (Å²) in [6.45, 7) is 4.27. The molecule has 0 aliphatic carbocycles. The Kier molecular flexibility index (Phi) is 10.6. The molecule has 0 fully saturated rings. The molecular weight excluding hydrogens is 358 g/mol. The average Bonchev–Trinajstić information content (AvgIpc) is 2.77. The van der Waals surface area contributed by atoms with Gasteiger partial charge in [0.15, 0.2) is 0 Å². The van der Waals surface area contributed by atoms with Crippen LogP contribution in [-0.4, -0.2) is 104 Å². The lowest BCUT2D eigenvalue weighted by atomic mass is 10.5. The normalized spacial score (nSPS) is 18.6. The Balaban J connectivity index is 0.00000361. The predicted octanol–water partition coefficient (Wildman–Crippen LogP) is -2.39. The molecule has 120 valence electrons. The van der Waals surface area contributed by atoms with Gasteiger partial charge in [-0.2, -0.15) is 5.01 Å². The molecule has 0 saturated carbocycles. The highest BCUT2D eigenvalue weighted by Crippen LogP contribution is 2.33. The summed E-state index contributed by atoms with van der Waals surface area (Å²) in [6, 6.07) is 0. The summed E-state index contributed by atoms with van der Waals surface area (Å²) < 4.78 is 2.38. The van der Waals surface area contributed by atoms with Crippen LogP contribution in [0.3, 0.4) is 0 Å². The summed E-state index contributed by atoms with van der Waals surface area (Å²) >= 11 is 0. The number of rotatable bonds is 8. The smallest absolute Gasteiger partial charge is 0.295 e. The van der Waals surface area contributed by atoms with E-state index in [1.165, 1.54) is 0 Å². The molecule has 0 aromatic rings. The fourth-order valence-corrected chi connectivity index (χ4v) is 4.23. The number of likely N-dealkylation sites (N-methyl/N-ethyl adjacent to an activating group) is 2. The number of hydrogen-bond donors (Lipinski definition) is 0. The third kappa shape index (κ3) is 7.00. The highest BCUT2D eigenvalue weighted by Gasteiger charge is 2.35. The molecule has 0 aromatic heterocycles. The molecule has 8 heteroatoms. The van der Waals surface area contributed by atoms with Crippen LogP contribution in [0.4, 0.5) is 0 Å². The minimum Gasteiger partial charge on any atom is -1.00 e. The molecule has 5 nitrogen and oxygen atoms in total. The molecule has 0 bridgehead atoms. The van der Waals surface area contributed by atoms with Crippen molar-refractivity contribution in [1.29, 1.82) is 0 Å². The molecule has 1 rings (SSSR count). The van der Waals surface area contributed by atoms with Gasteiger partial charge < -0.3 is 26.8 Å². The molecule has 0 amide bonds. The van der Waals surface area contributed by atoms with Crippen LogP contribution in [0.5, 0.6) is 0 Å². The van der Waals surface area contributed by atoms with E-state index >= 15 is 0 Å². The Morgan fingerprint density at radius 3 is 1.80 bits per heavy atom. The maximum Gasteiger partial charge on any atom is 0.295 e. The van der Waals surface area contributed by atoms with Crippen molar-refractivity contribution in [1.82, 2.24) is 19.7 Å². The van der Waals surface area contributed by atoms with Crippen molar-refractivity contribution in [3.8, 4) is 0 Å². The fraction of sp³-hybridized carbons (Fsp3) is 0.917. The first-order chi connectivity index (χ1) is 8.91. The molecule has 0 saturated heterocycles. The van der Waals surface area contributed by atoms with Crippen molar-refractivity contribution < 1.29 is 21.7 Å². The van der Waals surface area contributed by atoms with Gasteiger partial charge in [-0.05, 0) is 42.3 Å². The van der Waals surface area contributed by atoms with Crippen LogP contribution in [0.1, 0.15) is 0 Å². The first-order valence-electron chi connectivity index (χ1n) is 6.56. The highest BCUT2D eigenvalue weighted by molar-refractivity contribution is 8.82. The van der Waals surface area contributed by atoms with E-state index in [2.05, 4.69) is 72.2 Å². The van der Waals surface area contributed by atoms with Gasteiger partial charge in [-0.1, -0.05) is 4.68 Å². The zero-order valence-electron chi connectivity index (χ0n) is 13.4. The average molecular weight is 386 g/mol. The Morgan fingerprint density at radius 1 is 0.900 bits per heavy atom. The van der Waals surface area contributed by atoms with Crippen molar-refractivity contribution >= 4 is 27.1 Å². The van der Waals surface area contributed by atoms with Crippen LogP contribution in [0, 0.1) is 0 Å². The Bertz CT molecular complexity index is 288. The molecular formula is C12H28BrN5S2. The quantitative estimate of drug-likeness (QED) is 0.340. The third-order valence-corrected chi connectivity index (χ3v) is 5.23. The summed E-state index contributed by atoms with van der Waals surface area (Å²) in [5.41, 5.74) is 2.63. The number of hydrazone groups is 1. The zero-order chi connectivity index (χ0) is 14.4. The van der Waals surface area contributed by atoms with Crippen LogP contribution in [0.15, 0.2) is 0 Å². The topological polar surface area (TPSA) is 16.0 Å². The molecule has 1 aliphatic heterocycles. The van der Waals surface area contributed by atoms with Gasteiger partial charge in [-0.15, -0.1) is 0 Å². The van der Waals surface area contributed by atoms with Crippen molar-refractivity contribution in [2.45, 2.75) is 5.50 Å². The SMILES string of the molecule is CN(C)CCN(CCN(C)C)[N+]1=CSSC1N(C)C.[Br-]. The number of hydrazine groups is 1. The standard InChI is InChI=1S/C12H28N5S2.BrH/c1-13(2)7-9-16(10-8-14(3)4)17-11-18-19-12(17)15(5)6;/h11-12H,7-10H2,1-6H3;1H/q+1;/p-1. The summed E-state index contributed by atoms with van der Waals surface area (Å²) in [5, 5.41) is 2.46. The van der Waals surface area contributed by atoms with Crippen molar-refractivity contribution in [3.05, 3.63) is 0 Å². The molecule has 0 radical (unpaired) electrons. The van der Waals surface area contributed by atoms with Crippen LogP contribution in [0.25, 0.3) is 0 Å². The predicted molar refractivity (Wildman–Crippen MR) is 87.7 cm³/mol. The second-order valence-electron chi connectivity index (χ2n) is 5.53. The summed E-state index contributed by atoms with van der Waals surface area (Å²) in [5.74, 6) is 0. The first kappa shape index (κ1) is 20.5. The van der Waals surface area contributed by atoms with Gasteiger partial charge in [0.2, 0.25) is 5.55 Å². The van der Waals surface area contributed by atoms with E-state index in [4.69, 9.17) is 0 Å². The van der Waals surface area contributed by atoms with Gasteiger partial charge in [0.05, 0.1) is 13.1 Å². The van der Waals surface area contributed by atoms with Gasteiger partial charge >= 0.3 is 0 Å². The van der Waals surface area contributed by atoms with Gasteiger partial charge in [0, 0.05) is 34.7 Å². The lowest BCUT2D eigenvalue weighted by Gasteiger charge is -2.27. The van der Waals surface area contributed by atoms with E-state index in [-0.39, 0.29) is 17.0 Å². The monoisotopic (exact) mass is 385 g/mol. The molecule has 1 heterocycles. The van der Waals surface area contributed by atoms with E-state index in [9.17, 15) is 0 Å². The van der Waals surface area contributed by atoms with Crippen LogP contribution < -0.4 is 17.0 Å². The molecule has 1 unspecified atom stereocenters. The molecule has 0 aromatic carbocycles. The molecule has 1 atom stereocenters. The molecule has 1 aliphatic rings. The summed E-state index contributed by atoms with van der Waals surface area (Å²) in [6.07, 6.45) is 0. The van der Waals surface area contributed by atoms with E-state index < -0.39 is 0 Å². The Labute approximate surface area is 142 Å². The second-order valence-corrected chi connectivity index (χ2v) is 7.70. The van der Waals surface area contributed by atoms with E-state index in [1.807, 2.05) is 21.6 Å². The highest BCUT2D eigenvalue weighted by atomic mass is 79.9. The van der Waals surface area contributed by atoms with Crippen molar-refractivity contribution in [2.24, 2.45) is 0 Å². The lowest BCUT2D eigenvalue weighted by Crippen LogP contribution is -3.00. The van der Waals surface area contributed by atoms with Gasteiger partial charge in [-0.25, -0.2) is 4.90 Å². The second kappa shape index (κ2) is 10.3. The minimum atomic E-state index is 0. The first-order valence-corrected chi connectivity index (χ1v) is 8.84. The molecule has 20 heavy (non-hydrogen) atoms. The number of hydrogen-bond acceptors (Lipinski definition) is 6. The van der Waals surface area contributed by atoms with E-state index in [1.54, 1.807) is 0 Å². The van der Waals surface area contributed by atoms with Crippen LogP contribution in [-0.2, 0) is 0 Å². The maximum absolute atomic E-state index is 2.46. The van der Waals surface area contributed by atoms with Crippen molar-refractivity contribution in [3.63, 3.8) is 0 Å². The van der Waals surface area contributed by atoms with E-state index in [0.717, 1.165) is 26.2 Å². The number of nitrogens with zero attached hydrogens (tertiary/aromatic N) is 5. The molecule has 0 N–H and O–H groups in total. The largest absolute Gasteiger partial charge is 1.00 e. The Hall–Kier alpha value is 0.530. The van der Waals surface area contributed by atoms with Gasteiger partial charge in [-0.3, -0.25) is 0 Å². The third-order valence-electron chi connectivity index (χ3n) is 2.90. The zero-order valence-corrected chi connectivity index (χ0v) is 16.6. The fourth-order valence-electron chi connectivity index (χ4n) is 1.72. The summed E-state index contributed by atoms with van der Waals surface area (Å²) in [4.78, 5) is 6.74. The molecule has 0 spiro atoms. The van der Waals surface area contributed by atoms with Gasteiger partial charge in [0.1, 0.15) is 0 Å². The summed E-state index contributed by atoms with van der Waals surface area (Å²) in [7, 11) is 16.5. The lowest BCUT2D eigenvalue weighted by molar-refractivity contribution is -0.707. The Morgan fingerprint density at radius 2 is 1.40 bits per heavy atom. The van der Waals surface area contributed by atoms with Crippen molar-refractivity contribution in [2.75, 3.05) is 68.5 Å². The van der Waals surface area contributed by atoms with Crippen LogP contribution >= 0.6 is 21.6 Å². The maximum atomic E-state index is 2.46. The van der Waals surface area contributed by atoms with E-state index in [0.29, 0.717) is 5.50 Å². The van der Waals surface area contributed by atoms with Gasteiger partial charge in [0.25, 0.3) is 5.50 Å². The number of halogens is 1.